The van der Waals surface area contributed by atoms with Gasteiger partial charge in [0, 0.05) is 11.6 Å². The maximum Gasteiger partial charge on any atom is 0.333 e. The zero-order valence-electron chi connectivity index (χ0n) is 15.6. The molecular weight excluding hydrogens is 360 g/mol. The van der Waals surface area contributed by atoms with Gasteiger partial charge >= 0.3 is 6.03 Å². The smallest absolute Gasteiger partial charge is 0.333 e. The lowest BCUT2D eigenvalue weighted by molar-refractivity contribution is 0.0939. The van der Waals surface area contributed by atoms with Gasteiger partial charge < -0.3 is 5.32 Å². The quantitative estimate of drug-likeness (QED) is 0.692. The summed E-state index contributed by atoms with van der Waals surface area (Å²) in [6.07, 6.45) is 8.01. The van der Waals surface area contributed by atoms with Crippen molar-refractivity contribution in [2.45, 2.75) is 57.9 Å². The van der Waals surface area contributed by atoms with Crippen LogP contribution in [0.5, 0.6) is 0 Å². The van der Waals surface area contributed by atoms with Crippen LogP contribution in [0, 0.1) is 6.92 Å². The second-order valence-electron chi connectivity index (χ2n) is 6.89. The number of carbonyl (C=O) groups excluding carboxylic acids is 2. The zero-order chi connectivity index (χ0) is 19.1. The van der Waals surface area contributed by atoms with E-state index in [1.807, 2.05) is 30.3 Å². The van der Waals surface area contributed by atoms with Gasteiger partial charge in [0.1, 0.15) is 9.88 Å². The molecule has 6 nitrogen and oxygen atoms in total. The van der Waals surface area contributed by atoms with Crippen molar-refractivity contribution in [1.82, 2.24) is 21.2 Å². The van der Waals surface area contributed by atoms with Gasteiger partial charge in [-0.15, -0.1) is 11.3 Å². The van der Waals surface area contributed by atoms with Crippen LogP contribution in [-0.4, -0.2) is 23.0 Å². The minimum absolute atomic E-state index is 0.178. The van der Waals surface area contributed by atoms with Crippen molar-refractivity contribution in [1.29, 1.82) is 0 Å². The number of carbonyl (C=O) groups is 2. The molecule has 27 heavy (non-hydrogen) atoms. The molecule has 1 aromatic carbocycles. The molecule has 7 heteroatoms. The summed E-state index contributed by atoms with van der Waals surface area (Å²) in [6.45, 7) is 1.80. The third kappa shape index (κ3) is 5.53. The predicted molar refractivity (Wildman–Crippen MR) is 108 cm³/mol. The molecule has 3 amide bonds. The normalized spacial score (nSPS) is 15.4. The van der Waals surface area contributed by atoms with Crippen molar-refractivity contribution in [2.24, 2.45) is 0 Å². The summed E-state index contributed by atoms with van der Waals surface area (Å²) in [7, 11) is 0. The van der Waals surface area contributed by atoms with E-state index < -0.39 is 0 Å². The molecule has 0 unspecified atom stereocenters. The molecule has 1 aliphatic rings. The average Bonchev–Trinajstić information content (AvgIpc) is 3.04. The molecule has 3 N–H and O–H groups in total. The molecule has 1 aliphatic carbocycles. The molecule has 0 bridgehead atoms. The lowest BCUT2D eigenvalue weighted by atomic mass is 9.97. The number of nitrogens with one attached hydrogen (secondary N) is 3. The molecule has 0 spiro atoms. The standard InChI is InChI=1S/C20H26N4O2S/c1-14-17(27-19(21-14)15-10-6-5-7-11-15)18(25)23-24-20(26)22-16-12-8-3-2-4-9-13-16/h5-7,10-11,16H,2-4,8-9,12-13H2,1H3,(H,23,25)(H2,22,24,26). The average molecular weight is 387 g/mol. The second kappa shape index (κ2) is 9.50. The molecule has 0 atom stereocenters. The van der Waals surface area contributed by atoms with Crippen LogP contribution < -0.4 is 16.2 Å². The molecule has 3 rings (SSSR count). The molecule has 2 aromatic rings. The maximum atomic E-state index is 12.4. The number of thiazole rings is 1. The summed E-state index contributed by atoms with van der Waals surface area (Å²) in [5.74, 6) is -0.347. The Hall–Kier alpha value is -2.41. The number of aromatic nitrogens is 1. The van der Waals surface area contributed by atoms with Gasteiger partial charge in [-0.1, -0.05) is 62.4 Å². The first-order valence-electron chi connectivity index (χ1n) is 9.53. The largest absolute Gasteiger partial charge is 0.334 e. The number of hydrazine groups is 1. The Balaban J connectivity index is 1.53. The van der Waals surface area contributed by atoms with Gasteiger partial charge in [-0.2, -0.15) is 0 Å². The molecule has 0 saturated heterocycles. The highest BCUT2D eigenvalue weighted by molar-refractivity contribution is 7.17. The number of aryl methyl sites for hydroxylation is 1. The van der Waals surface area contributed by atoms with Gasteiger partial charge in [0.05, 0.1) is 5.69 Å². The minimum atomic E-state index is -0.362. The van der Waals surface area contributed by atoms with E-state index in [1.165, 1.54) is 30.6 Å². The van der Waals surface area contributed by atoms with Crippen LogP contribution in [-0.2, 0) is 0 Å². The number of hydrogen-bond donors (Lipinski definition) is 3. The van der Waals surface area contributed by atoms with Gasteiger partial charge in [0.2, 0.25) is 0 Å². The molecule has 1 aromatic heterocycles. The SMILES string of the molecule is Cc1nc(-c2ccccc2)sc1C(=O)NNC(=O)NC1CCCCCCC1. The summed E-state index contributed by atoms with van der Waals surface area (Å²) in [5.41, 5.74) is 6.58. The summed E-state index contributed by atoms with van der Waals surface area (Å²) < 4.78 is 0. The number of urea groups is 1. The Kier molecular flexibility index (Phi) is 6.81. The number of amides is 3. The first kappa shape index (κ1) is 19.4. The van der Waals surface area contributed by atoms with Crippen LogP contribution in [0.2, 0.25) is 0 Å². The van der Waals surface area contributed by atoms with Crippen molar-refractivity contribution >= 4 is 23.3 Å². The van der Waals surface area contributed by atoms with Crippen LogP contribution in [0.4, 0.5) is 4.79 Å². The third-order valence-electron chi connectivity index (χ3n) is 4.75. The Labute approximate surface area is 163 Å². The number of nitrogens with zero attached hydrogens (tertiary/aromatic N) is 1. The lowest BCUT2D eigenvalue weighted by Crippen LogP contribution is -2.49. The van der Waals surface area contributed by atoms with E-state index >= 15 is 0 Å². The first-order valence-corrected chi connectivity index (χ1v) is 10.3. The molecule has 1 fully saturated rings. The molecule has 1 heterocycles. The molecule has 144 valence electrons. The topological polar surface area (TPSA) is 83.1 Å². The van der Waals surface area contributed by atoms with Crippen LogP contribution in [0.15, 0.2) is 30.3 Å². The van der Waals surface area contributed by atoms with Gasteiger partial charge in [0.25, 0.3) is 5.91 Å². The summed E-state index contributed by atoms with van der Waals surface area (Å²) >= 11 is 1.32. The van der Waals surface area contributed by atoms with E-state index in [-0.39, 0.29) is 18.0 Å². The Morgan fingerprint density at radius 3 is 2.37 bits per heavy atom. The van der Waals surface area contributed by atoms with Crippen molar-refractivity contribution in [3.8, 4) is 10.6 Å². The van der Waals surface area contributed by atoms with Gasteiger partial charge in [-0.05, 0) is 19.8 Å². The first-order chi connectivity index (χ1) is 13.1. The van der Waals surface area contributed by atoms with Crippen LogP contribution in [0.3, 0.4) is 0 Å². The monoisotopic (exact) mass is 386 g/mol. The maximum absolute atomic E-state index is 12.4. The van der Waals surface area contributed by atoms with Crippen LogP contribution >= 0.6 is 11.3 Å². The Bertz CT molecular complexity index is 768. The molecular formula is C20H26N4O2S. The summed E-state index contributed by atoms with van der Waals surface area (Å²) in [6, 6.07) is 9.55. The zero-order valence-corrected chi connectivity index (χ0v) is 16.4. The molecule has 0 aliphatic heterocycles. The summed E-state index contributed by atoms with van der Waals surface area (Å²) in [5, 5.41) is 3.75. The van der Waals surface area contributed by atoms with Gasteiger partial charge in [-0.25, -0.2) is 15.2 Å². The fraction of sp³-hybridized carbons (Fsp3) is 0.450. The van der Waals surface area contributed by atoms with E-state index in [9.17, 15) is 9.59 Å². The number of rotatable bonds is 3. The van der Waals surface area contributed by atoms with Crippen LogP contribution in [0.25, 0.3) is 10.6 Å². The van der Waals surface area contributed by atoms with E-state index in [0.717, 1.165) is 36.3 Å². The molecule has 0 radical (unpaired) electrons. The van der Waals surface area contributed by atoms with E-state index in [4.69, 9.17) is 0 Å². The van der Waals surface area contributed by atoms with Crippen molar-refractivity contribution in [2.75, 3.05) is 0 Å². The van der Waals surface area contributed by atoms with E-state index in [1.54, 1.807) is 6.92 Å². The fourth-order valence-electron chi connectivity index (χ4n) is 3.30. The highest BCUT2D eigenvalue weighted by Crippen LogP contribution is 2.27. The van der Waals surface area contributed by atoms with E-state index in [2.05, 4.69) is 21.2 Å². The number of benzene rings is 1. The fourth-order valence-corrected chi connectivity index (χ4v) is 4.27. The van der Waals surface area contributed by atoms with Crippen LogP contribution in [0.1, 0.15) is 60.3 Å². The van der Waals surface area contributed by atoms with Crippen molar-refractivity contribution < 1.29 is 9.59 Å². The Morgan fingerprint density at radius 2 is 1.67 bits per heavy atom. The highest BCUT2D eigenvalue weighted by atomic mass is 32.1. The Morgan fingerprint density at radius 1 is 1.00 bits per heavy atom. The summed E-state index contributed by atoms with van der Waals surface area (Å²) in [4.78, 5) is 29.5. The minimum Gasteiger partial charge on any atom is -0.334 e. The predicted octanol–water partition coefficient (Wildman–Crippen LogP) is 4.18. The van der Waals surface area contributed by atoms with Gasteiger partial charge in [-0.3, -0.25) is 10.2 Å². The van der Waals surface area contributed by atoms with Gasteiger partial charge in [0.15, 0.2) is 0 Å². The molecule has 1 saturated carbocycles. The lowest BCUT2D eigenvalue weighted by Gasteiger charge is -2.21. The highest BCUT2D eigenvalue weighted by Gasteiger charge is 2.18. The second-order valence-corrected chi connectivity index (χ2v) is 7.89. The van der Waals surface area contributed by atoms with E-state index in [0.29, 0.717) is 10.6 Å². The van der Waals surface area contributed by atoms with Crippen molar-refractivity contribution in [3.05, 3.63) is 40.9 Å². The number of hydrogen-bond acceptors (Lipinski definition) is 4. The van der Waals surface area contributed by atoms with Crippen molar-refractivity contribution in [3.63, 3.8) is 0 Å². The third-order valence-corrected chi connectivity index (χ3v) is 5.96.